The lowest BCUT2D eigenvalue weighted by molar-refractivity contribution is -0.121. The van der Waals surface area contributed by atoms with Crippen LogP contribution < -0.4 is 0 Å². The monoisotopic (exact) mass is 157 g/mol. The van der Waals surface area contributed by atoms with E-state index in [1.54, 1.807) is 6.92 Å². The number of carbonyl (C=O) groups is 1. The second-order valence-electron chi connectivity index (χ2n) is 3.23. The van der Waals surface area contributed by atoms with Gasteiger partial charge < -0.3 is 0 Å². The van der Waals surface area contributed by atoms with E-state index in [-0.39, 0.29) is 11.8 Å². The van der Waals surface area contributed by atoms with Gasteiger partial charge in [0.1, 0.15) is 5.78 Å². The van der Waals surface area contributed by atoms with Crippen molar-refractivity contribution in [3.8, 4) is 0 Å². The van der Waals surface area contributed by atoms with E-state index in [0.29, 0.717) is 0 Å². The Morgan fingerprint density at radius 2 is 2.00 bits per heavy atom. The van der Waals surface area contributed by atoms with Crippen molar-refractivity contribution in [1.29, 1.82) is 0 Å². The maximum absolute atomic E-state index is 11.0. The van der Waals surface area contributed by atoms with Gasteiger partial charge in [0.15, 0.2) is 0 Å². The van der Waals surface area contributed by atoms with Gasteiger partial charge in [-0.25, -0.2) is 0 Å². The molecule has 66 valence electrons. The van der Waals surface area contributed by atoms with Crippen molar-refractivity contribution in [2.45, 2.75) is 39.2 Å². The maximum Gasteiger partial charge on any atom is 0.146 e. The molecule has 0 aromatic carbocycles. The molecule has 2 nitrogen and oxygen atoms in total. The summed E-state index contributed by atoms with van der Waals surface area (Å²) < 4.78 is 0. The summed E-state index contributed by atoms with van der Waals surface area (Å²) in [6.45, 7) is 3.81. The molecule has 0 aromatic heterocycles. The summed E-state index contributed by atoms with van der Waals surface area (Å²) in [6.07, 6.45) is 3.30. The van der Waals surface area contributed by atoms with Crippen LogP contribution in [-0.2, 0) is 4.79 Å². The third-order valence-corrected chi connectivity index (χ3v) is 1.92. The topological polar surface area (TPSA) is 20.3 Å². The Labute approximate surface area is 69.6 Å². The Balaban J connectivity index is 3.80. The lowest BCUT2D eigenvalue weighted by atomic mass is 10.1. The number of Topliss-reactive ketones (excluding diaryl/α,β-unsaturated/α-hetero) is 1. The number of likely N-dealkylation sites (N-methyl/N-ethyl adjacent to an activating group) is 1. The van der Waals surface area contributed by atoms with E-state index in [9.17, 15) is 4.79 Å². The minimum atomic E-state index is 0.134. The van der Waals surface area contributed by atoms with Crippen LogP contribution in [0.1, 0.15) is 33.1 Å². The van der Waals surface area contributed by atoms with Crippen LogP contribution in [0.3, 0.4) is 0 Å². The smallest absolute Gasteiger partial charge is 0.146 e. The Morgan fingerprint density at radius 3 is 2.27 bits per heavy atom. The fraction of sp³-hybridized carbons (Fsp3) is 0.889. The first-order valence-corrected chi connectivity index (χ1v) is 4.26. The number of ketones is 1. The van der Waals surface area contributed by atoms with Crippen molar-refractivity contribution in [3.05, 3.63) is 0 Å². The Morgan fingerprint density at radius 1 is 1.45 bits per heavy atom. The SMILES string of the molecule is CCCCC(C(C)=O)N(C)C. The van der Waals surface area contributed by atoms with E-state index in [1.165, 1.54) is 0 Å². The number of nitrogens with zero attached hydrogens (tertiary/aromatic N) is 1. The van der Waals surface area contributed by atoms with Crippen LogP contribution >= 0.6 is 0 Å². The highest BCUT2D eigenvalue weighted by molar-refractivity contribution is 5.81. The number of carbonyl (C=O) groups excluding carboxylic acids is 1. The number of hydrogen-bond donors (Lipinski definition) is 0. The summed E-state index contributed by atoms with van der Waals surface area (Å²) in [7, 11) is 3.92. The Bertz CT molecular complexity index is 121. The third kappa shape index (κ3) is 4.14. The zero-order valence-electron chi connectivity index (χ0n) is 8.05. The molecule has 0 amide bonds. The molecule has 0 aliphatic rings. The van der Waals surface area contributed by atoms with E-state index in [4.69, 9.17) is 0 Å². The van der Waals surface area contributed by atoms with Crippen molar-refractivity contribution in [1.82, 2.24) is 4.90 Å². The molecule has 0 N–H and O–H groups in total. The van der Waals surface area contributed by atoms with Gasteiger partial charge in [-0.1, -0.05) is 19.8 Å². The van der Waals surface area contributed by atoms with Gasteiger partial charge in [0, 0.05) is 0 Å². The molecule has 0 radical (unpaired) electrons. The lowest BCUT2D eigenvalue weighted by Gasteiger charge is -2.20. The van der Waals surface area contributed by atoms with Gasteiger partial charge in [-0.3, -0.25) is 9.69 Å². The van der Waals surface area contributed by atoms with E-state index in [1.807, 2.05) is 19.0 Å². The van der Waals surface area contributed by atoms with E-state index in [0.717, 1.165) is 19.3 Å². The minimum absolute atomic E-state index is 0.134. The summed E-state index contributed by atoms with van der Waals surface area (Å²) in [5.41, 5.74) is 0. The quantitative estimate of drug-likeness (QED) is 0.605. The second kappa shape index (κ2) is 5.30. The molecule has 0 saturated heterocycles. The molecule has 1 atom stereocenters. The Kier molecular flexibility index (Phi) is 5.12. The zero-order valence-corrected chi connectivity index (χ0v) is 8.05. The first kappa shape index (κ1) is 10.6. The number of unbranched alkanes of at least 4 members (excludes halogenated alkanes) is 1. The molecular weight excluding hydrogens is 138 g/mol. The van der Waals surface area contributed by atoms with Crippen LogP contribution in [0.25, 0.3) is 0 Å². The normalized spacial score (nSPS) is 13.5. The van der Waals surface area contributed by atoms with Gasteiger partial charge in [0.05, 0.1) is 6.04 Å². The summed E-state index contributed by atoms with van der Waals surface area (Å²) in [5, 5.41) is 0. The molecule has 2 heteroatoms. The highest BCUT2D eigenvalue weighted by Crippen LogP contribution is 2.06. The van der Waals surface area contributed by atoms with Crippen molar-refractivity contribution in [3.63, 3.8) is 0 Å². The zero-order chi connectivity index (χ0) is 8.85. The van der Waals surface area contributed by atoms with Crippen LogP contribution in [0.15, 0.2) is 0 Å². The maximum atomic E-state index is 11.0. The van der Waals surface area contributed by atoms with Crippen molar-refractivity contribution in [2.24, 2.45) is 0 Å². The van der Waals surface area contributed by atoms with Gasteiger partial charge in [-0.15, -0.1) is 0 Å². The van der Waals surface area contributed by atoms with Gasteiger partial charge in [-0.2, -0.15) is 0 Å². The molecule has 0 spiro atoms. The predicted octanol–water partition coefficient (Wildman–Crippen LogP) is 1.70. The van der Waals surface area contributed by atoms with E-state index < -0.39 is 0 Å². The highest BCUT2D eigenvalue weighted by atomic mass is 16.1. The van der Waals surface area contributed by atoms with E-state index in [2.05, 4.69) is 6.92 Å². The molecule has 0 fully saturated rings. The largest absolute Gasteiger partial charge is 0.300 e. The molecule has 0 bridgehead atoms. The average Bonchev–Trinajstić information content (AvgIpc) is 1.87. The molecule has 0 aliphatic carbocycles. The van der Waals surface area contributed by atoms with Crippen LogP contribution in [0.5, 0.6) is 0 Å². The van der Waals surface area contributed by atoms with Gasteiger partial charge in [-0.05, 0) is 27.4 Å². The molecule has 0 aliphatic heterocycles. The third-order valence-electron chi connectivity index (χ3n) is 1.92. The fourth-order valence-electron chi connectivity index (χ4n) is 1.22. The minimum Gasteiger partial charge on any atom is -0.300 e. The van der Waals surface area contributed by atoms with Crippen molar-refractivity contribution < 1.29 is 4.79 Å². The summed E-state index contributed by atoms with van der Waals surface area (Å²) >= 11 is 0. The van der Waals surface area contributed by atoms with Crippen LogP contribution in [0.2, 0.25) is 0 Å². The molecule has 0 aromatic rings. The molecule has 0 rings (SSSR count). The predicted molar refractivity (Wildman–Crippen MR) is 47.7 cm³/mol. The average molecular weight is 157 g/mol. The molecule has 11 heavy (non-hydrogen) atoms. The molecule has 1 unspecified atom stereocenters. The number of rotatable bonds is 5. The molecule has 0 heterocycles. The molecular formula is C9H19NO. The standard InChI is InChI=1S/C9H19NO/c1-5-6-7-9(8(2)11)10(3)4/h9H,5-7H2,1-4H3. The van der Waals surface area contributed by atoms with Gasteiger partial charge in [0.2, 0.25) is 0 Å². The lowest BCUT2D eigenvalue weighted by Crippen LogP contribution is -2.34. The van der Waals surface area contributed by atoms with Crippen LogP contribution in [0, 0.1) is 0 Å². The summed E-state index contributed by atoms with van der Waals surface area (Å²) in [4.78, 5) is 13.0. The van der Waals surface area contributed by atoms with E-state index >= 15 is 0 Å². The first-order valence-electron chi connectivity index (χ1n) is 4.26. The fourth-order valence-corrected chi connectivity index (χ4v) is 1.22. The summed E-state index contributed by atoms with van der Waals surface area (Å²) in [5.74, 6) is 0.281. The van der Waals surface area contributed by atoms with Crippen molar-refractivity contribution in [2.75, 3.05) is 14.1 Å². The van der Waals surface area contributed by atoms with Crippen LogP contribution in [0.4, 0.5) is 0 Å². The second-order valence-corrected chi connectivity index (χ2v) is 3.23. The number of hydrogen-bond acceptors (Lipinski definition) is 2. The van der Waals surface area contributed by atoms with Gasteiger partial charge in [0.25, 0.3) is 0 Å². The molecule has 0 saturated carbocycles. The first-order chi connectivity index (χ1) is 5.09. The van der Waals surface area contributed by atoms with Crippen LogP contribution in [-0.4, -0.2) is 30.8 Å². The summed E-state index contributed by atoms with van der Waals surface area (Å²) in [6, 6.07) is 0.134. The Hall–Kier alpha value is -0.370. The van der Waals surface area contributed by atoms with Crippen molar-refractivity contribution >= 4 is 5.78 Å². The van der Waals surface area contributed by atoms with Gasteiger partial charge >= 0.3 is 0 Å². The highest BCUT2D eigenvalue weighted by Gasteiger charge is 2.14.